The third kappa shape index (κ3) is 2.95. The molecule has 8 heteroatoms. The molecule has 0 saturated carbocycles. The van der Waals surface area contributed by atoms with Crippen LogP contribution >= 0.6 is 0 Å². The molecule has 0 aromatic carbocycles. The first-order chi connectivity index (χ1) is 11.7. The van der Waals surface area contributed by atoms with Crippen LogP contribution in [0.3, 0.4) is 0 Å². The summed E-state index contributed by atoms with van der Waals surface area (Å²) in [4.78, 5) is 28.4. The summed E-state index contributed by atoms with van der Waals surface area (Å²) >= 11 is 0. The highest BCUT2D eigenvalue weighted by atomic mass is 19.1. The van der Waals surface area contributed by atoms with Gasteiger partial charge in [-0.25, -0.2) is 19.4 Å². The summed E-state index contributed by atoms with van der Waals surface area (Å²) in [6.45, 7) is 3.27. The summed E-state index contributed by atoms with van der Waals surface area (Å²) in [5.74, 6) is 0.0912. The summed E-state index contributed by atoms with van der Waals surface area (Å²) in [5, 5.41) is 1.51. The topological polar surface area (TPSA) is 67.8 Å². The number of carbonyl (C=O) groups is 1. The molecule has 3 saturated heterocycles. The Labute approximate surface area is 139 Å². The van der Waals surface area contributed by atoms with Crippen molar-refractivity contribution >= 4 is 11.9 Å². The fourth-order valence-electron chi connectivity index (χ4n) is 3.88. The van der Waals surface area contributed by atoms with Gasteiger partial charge in [0.25, 0.3) is 0 Å². The van der Waals surface area contributed by atoms with Crippen molar-refractivity contribution < 1.29 is 18.8 Å². The maximum atomic E-state index is 13.0. The van der Waals surface area contributed by atoms with E-state index in [2.05, 4.69) is 9.97 Å². The van der Waals surface area contributed by atoms with E-state index < -0.39 is 5.82 Å². The van der Waals surface area contributed by atoms with Gasteiger partial charge >= 0.3 is 0 Å². The Kier molecular flexibility index (Phi) is 4.32. The molecular weight excluding hydrogens is 315 g/mol. The van der Waals surface area contributed by atoms with Crippen molar-refractivity contribution in [2.45, 2.75) is 25.4 Å². The monoisotopic (exact) mass is 336 g/mol. The van der Waals surface area contributed by atoms with E-state index in [-0.39, 0.29) is 23.8 Å². The first-order valence-corrected chi connectivity index (χ1v) is 8.51. The number of amides is 1. The molecule has 0 spiro atoms. The van der Waals surface area contributed by atoms with Gasteiger partial charge in [0, 0.05) is 31.5 Å². The number of ether oxygens (including phenoxy) is 1. The fraction of sp³-hybridized carbons (Fsp3) is 0.688. The first kappa shape index (κ1) is 15.7. The largest absolute Gasteiger partial charge is 0.378 e. The van der Waals surface area contributed by atoms with Crippen LogP contribution in [0.1, 0.15) is 19.3 Å². The molecule has 0 aliphatic carbocycles. The lowest BCUT2D eigenvalue weighted by Gasteiger charge is -2.44. The molecule has 130 valence electrons. The van der Waals surface area contributed by atoms with Crippen LogP contribution in [0.2, 0.25) is 0 Å². The van der Waals surface area contributed by atoms with Gasteiger partial charge in [-0.05, 0) is 19.3 Å². The van der Waals surface area contributed by atoms with Crippen molar-refractivity contribution in [1.82, 2.24) is 15.0 Å². The van der Waals surface area contributed by atoms with Crippen LogP contribution in [0.5, 0.6) is 0 Å². The summed E-state index contributed by atoms with van der Waals surface area (Å²) in [6.07, 6.45) is 4.83. The molecule has 1 aromatic heterocycles. The number of carbonyl (C=O) groups excluding carboxylic acids is 1. The molecule has 3 aliphatic rings. The Morgan fingerprint density at radius 1 is 1.21 bits per heavy atom. The fourth-order valence-corrected chi connectivity index (χ4v) is 3.88. The zero-order valence-electron chi connectivity index (χ0n) is 13.4. The number of fused-ring (bicyclic) bond motifs is 1. The summed E-state index contributed by atoms with van der Waals surface area (Å²) in [5.41, 5.74) is 0. The summed E-state index contributed by atoms with van der Waals surface area (Å²) in [6, 6.07) is 0. The number of anilines is 1. The van der Waals surface area contributed by atoms with Crippen LogP contribution in [-0.2, 0) is 14.4 Å². The van der Waals surface area contributed by atoms with Crippen molar-refractivity contribution in [3.8, 4) is 0 Å². The second kappa shape index (κ2) is 6.60. The number of nitrogens with zero attached hydrogens (tertiary/aromatic N) is 4. The zero-order valence-corrected chi connectivity index (χ0v) is 13.4. The lowest BCUT2D eigenvalue weighted by atomic mass is 9.79. The number of rotatable bonds is 2. The normalized spacial score (nSPS) is 30.3. The molecule has 0 bridgehead atoms. The van der Waals surface area contributed by atoms with Gasteiger partial charge in [0.2, 0.25) is 11.9 Å². The number of halogens is 1. The zero-order chi connectivity index (χ0) is 16.5. The Bertz CT molecular complexity index is 593. The van der Waals surface area contributed by atoms with Crippen LogP contribution in [0.25, 0.3) is 0 Å². The Morgan fingerprint density at radius 3 is 2.79 bits per heavy atom. The minimum absolute atomic E-state index is 0.0627. The molecule has 24 heavy (non-hydrogen) atoms. The standard InChI is InChI=1S/C16H21FN4O3/c17-11-8-18-16(19-9-11)20-5-2-14-13(10-20)12(3-7-23-14)15(22)21-4-1-6-24-21/h8-9,12-14H,1-7,10H2/t12-,13+,14-/m1/s1. The molecule has 3 aliphatic heterocycles. The number of hydroxylamine groups is 2. The Hall–Kier alpha value is -1.80. The number of hydrogen-bond acceptors (Lipinski definition) is 6. The van der Waals surface area contributed by atoms with E-state index in [1.165, 1.54) is 17.5 Å². The van der Waals surface area contributed by atoms with E-state index in [1.54, 1.807) is 0 Å². The Balaban J connectivity index is 1.50. The maximum absolute atomic E-state index is 13.0. The summed E-state index contributed by atoms with van der Waals surface area (Å²) in [7, 11) is 0. The maximum Gasteiger partial charge on any atom is 0.249 e. The highest BCUT2D eigenvalue weighted by Gasteiger charge is 2.44. The molecule has 0 N–H and O–H groups in total. The van der Waals surface area contributed by atoms with Crippen LogP contribution in [0.4, 0.5) is 10.3 Å². The molecule has 0 radical (unpaired) electrons. The SMILES string of the molecule is O=C([C@@H]1CCO[C@@H]2CCN(c3ncc(F)cn3)C[C@H]21)N1CCCO1. The number of hydrogen-bond donors (Lipinski definition) is 0. The van der Waals surface area contributed by atoms with Gasteiger partial charge < -0.3 is 9.64 Å². The summed E-state index contributed by atoms with van der Waals surface area (Å²) < 4.78 is 18.9. The molecule has 1 amide bonds. The van der Waals surface area contributed by atoms with Gasteiger partial charge in [-0.3, -0.25) is 9.63 Å². The van der Waals surface area contributed by atoms with Crippen molar-refractivity contribution in [3.63, 3.8) is 0 Å². The molecule has 7 nitrogen and oxygen atoms in total. The van der Waals surface area contributed by atoms with Crippen LogP contribution in [-0.4, -0.2) is 59.9 Å². The van der Waals surface area contributed by atoms with Crippen molar-refractivity contribution in [1.29, 1.82) is 0 Å². The lowest BCUT2D eigenvalue weighted by molar-refractivity contribution is -0.182. The van der Waals surface area contributed by atoms with E-state index in [4.69, 9.17) is 9.57 Å². The molecule has 3 atom stereocenters. The van der Waals surface area contributed by atoms with Crippen LogP contribution in [0, 0.1) is 17.7 Å². The van der Waals surface area contributed by atoms with E-state index in [0.29, 0.717) is 38.7 Å². The second-order valence-corrected chi connectivity index (χ2v) is 6.53. The van der Waals surface area contributed by atoms with Gasteiger partial charge in [-0.2, -0.15) is 0 Å². The van der Waals surface area contributed by atoms with Crippen molar-refractivity contribution in [2.24, 2.45) is 11.8 Å². The van der Waals surface area contributed by atoms with Gasteiger partial charge in [0.05, 0.1) is 31.6 Å². The predicted octanol–water partition coefficient (Wildman–Crippen LogP) is 1.01. The predicted molar refractivity (Wildman–Crippen MR) is 82.4 cm³/mol. The van der Waals surface area contributed by atoms with Gasteiger partial charge in [0.15, 0.2) is 5.82 Å². The quantitative estimate of drug-likeness (QED) is 0.803. The molecular formula is C16H21FN4O3. The van der Waals surface area contributed by atoms with Crippen molar-refractivity contribution in [3.05, 3.63) is 18.2 Å². The van der Waals surface area contributed by atoms with Gasteiger partial charge in [0.1, 0.15) is 0 Å². The highest BCUT2D eigenvalue weighted by molar-refractivity contribution is 5.78. The average molecular weight is 336 g/mol. The molecule has 4 heterocycles. The van der Waals surface area contributed by atoms with Crippen molar-refractivity contribution in [2.75, 3.05) is 37.7 Å². The highest BCUT2D eigenvalue weighted by Crippen LogP contribution is 2.35. The lowest BCUT2D eigenvalue weighted by Crippen LogP contribution is -2.54. The van der Waals surface area contributed by atoms with Crippen LogP contribution < -0.4 is 4.90 Å². The van der Waals surface area contributed by atoms with Gasteiger partial charge in [-0.15, -0.1) is 0 Å². The molecule has 3 fully saturated rings. The minimum atomic E-state index is -0.450. The molecule has 0 unspecified atom stereocenters. The number of piperidine rings is 1. The molecule has 1 aromatic rings. The second-order valence-electron chi connectivity index (χ2n) is 6.53. The van der Waals surface area contributed by atoms with Gasteiger partial charge in [-0.1, -0.05) is 0 Å². The number of aromatic nitrogens is 2. The van der Waals surface area contributed by atoms with E-state index >= 15 is 0 Å². The van der Waals surface area contributed by atoms with E-state index in [9.17, 15) is 9.18 Å². The van der Waals surface area contributed by atoms with Crippen LogP contribution in [0.15, 0.2) is 12.4 Å². The third-order valence-corrected chi connectivity index (χ3v) is 5.08. The first-order valence-electron chi connectivity index (χ1n) is 8.51. The van der Waals surface area contributed by atoms with E-state index in [0.717, 1.165) is 19.4 Å². The Morgan fingerprint density at radius 2 is 2.04 bits per heavy atom. The molecule has 4 rings (SSSR count). The smallest absolute Gasteiger partial charge is 0.249 e. The average Bonchev–Trinajstić information content (AvgIpc) is 3.15. The minimum Gasteiger partial charge on any atom is -0.378 e. The third-order valence-electron chi connectivity index (χ3n) is 5.08. The van der Waals surface area contributed by atoms with E-state index in [1.807, 2.05) is 4.90 Å².